The quantitative estimate of drug-likeness (QED) is 0.727. The lowest BCUT2D eigenvalue weighted by Crippen LogP contribution is -2.36. The van der Waals surface area contributed by atoms with Gasteiger partial charge in [0.05, 0.1) is 27.0 Å². The second-order valence-corrected chi connectivity index (χ2v) is 9.76. The van der Waals surface area contributed by atoms with Crippen molar-refractivity contribution in [3.8, 4) is 0 Å². The summed E-state index contributed by atoms with van der Waals surface area (Å²) < 4.78 is 26.0. The molecule has 0 unspecified atom stereocenters. The van der Waals surface area contributed by atoms with E-state index in [0.29, 0.717) is 24.2 Å². The molecule has 0 radical (unpaired) electrons. The van der Waals surface area contributed by atoms with Crippen LogP contribution in [0.3, 0.4) is 0 Å². The van der Waals surface area contributed by atoms with Crippen molar-refractivity contribution in [2.45, 2.75) is 19.9 Å². The summed E-state index contributed by atoms with van der Waals surface area (Å²) in [5.74, 6) is -0.243. The van der Waals surface area contributed by atoms with Crippen molar-refractivity contribution in [2.75, 3.05) is 18.1 Å². The van der Waals surface area contributed by atoms with Crippen molar-refractivity contribution in [1.82, 2.24) is 14.3 Å². The number of nitrogens with one attached hydrogen (secondary N) is 1. The number of hydrogen-bond donors (Lipinski definition) is 1. The van der Waals surface area contributed by atoms with Crippen LogP contribution in [0.4, 0.5) is 5.69 Å². The zero-order valence-electron chi connectivity index (χ0n) is 14.9. The smallest absolute Gasteiger partial charge is 0.257 e. The number of aryl methyl sites for hydroxylation is 1. The predicted octanol–water partition coefficient (Wildman–Crippen LogP) is 2.57. The number of hydrogen-bond acceptors (Lipinski definition) is 6. The molecule has 1 amide bonds. The number of carbonyl (C=O) groups is 1. The van der Waals surface area contributed by atoms with Crippen LogP contribution in [0.25, 0.3) is 10.2 Å². The van der Waals surface area contributed by atoms with Crippen LogP contribution in [0, 0.1) is 6.92 Å². The minimum atomic E-state index is -3.27. The molecule has 0 aliphatic carbocycles. The lowest BCUT2D eigenvalue weighted by atomic mass is 9.98. The fraction of sp³-hybridized carbons (Fsp3) is 0.278. The average Bonchev–Trinajstić information content (AvgIpc) is 2.99. The van der Waals surface area contributed by atoms with E-state index in [1.54, 1.807) is 23.7 Å². The van der Waals surface area contributed by atoms with Crippen molar-refractivity contribution in [3.05, 3.63) is 52.3 Å². The van der Waals surface area contributed by atoms with Gasteiger partial charge in [-0.05, 0) is 42.7 Å². The molecule has 0 atom stereocenters. The molecule has 9 heteroatoms. The van der Waals surface area contributed by atoms with Gasteiger partial charge in [-0.15, -0.1) is 11.3 Å². The van der Waals surface area contributed by atoms with Gasteiger partial charge in [-0.1, -0.05) is 0 Å². The molecule has 1 aliphatic rings. The van der Waals surface area contributed by atoms with Gasteiger partial charge in [-0.2, -0.15) is 4.31 Å². The van der Waals surface area contributed by atoms with Crippen LogP contribution in [0.2, 0.25) is 0 Å². The first-order valence-electron chi connectivity index (χ1n) is 8.41. The normalized spacial score (nSPS) is 14.9. The molecule has 0 saturated heterocycles. The average molecular weight is 403 g/mol. The molecule has 0 saturated carbocycles. The van der Waals surface area contributed by atoms with Gasteiger partial charge in [0.2, 0.25) is 10.0 Å². The molecular formula is C18H18N4O3S2. The fourth-order valence-corrected chi connectivity index (χ4v) is 4.93. The number of rotatable bonds is 3. The highest BCUT2D eigenvalue weighted by molar-refractivity contribution is 7.88. The van der Waals surface area contributed by atoms with Gasteiger partial charge in [-0.3, -0.25) is 9.78 Å². The molecule has 27 heavy (non-hydrogen) atoms. The van der Waals surface area contributed by atoms with Crippen molar-refractivity contribution in [2.24, 2.45) is 0 Å². The number of carbonyl (C=O) groups excluding carboxylic acids is 1. The van der Waals surface area contributed by atoms with E-state index in [9.17, 15) is 13.2 Å². The summed E-state index contributed by atoms with van der Waals surface area (Å²) in [5, 5.41) is 3.90. The number of thiazole rings is 1. The molecule has 0 bridgehead atoms. The van der Waals surface area contributed by atoms with E-state index in [4.69, 9.17) is 0 Å². The minimum Gasteiger partial charge on any atom is -0.322 e. The molecule has 1 aliphatic heterocycles. The number of pyridine rings is 1. The molecule has 140 valence electrons. The minimum absolute atomic E-state index is 0.243. The lowest BCUT2D eigenvalue weighted by molar-refractivity contribution is 0.102. The van der Waals surface area contributed by atoms with Crippen LogP contribution in [0.5, 0.6) is 0 Å². The van der Waals surface area contributed by atoms with Crippen molar-refractivity contribution in [3.63, 3.8) is 0 Å². The fourth-order valence-electron chi connectivity index (χ4n) is 3.26. The first-order chi connectivity index (χ1) is 12.8. The number of aromatic nitrogens is 2. The van der Waals surface area contributed by atoms with Gasteiger partial charge in [-0.25, -0.2) is 13.4 Å². The van der Waals surface area contributed by atoms with Crippen molar-refractivity contribution in [1.29, 1.82) is 0 Å². The molecule has 0 spiro atoms. The van der Waals surface area contributed by atoms with Gasteiger partial charge in [0.15, 0.2) is 0 Å². The highest BCUT2D eigenvalue weighted by atomic mass is 32.2. The summed E-state index contributed by atoms with van der Waals surface area (Å²) in [6, 6.07) is 5.62. The summed E-state index contributed by atoms with van der Waals surface area (Å²) in [4.78, 5) is 21.4. The largest absolute Gasteiger partial charge is 0.322 e. The number of nitrogens with zero attached hydrogens (tertiary/aromatic N) is 3. The van der Waals surface area contributed by atoms with Crippen molar-refractivity contribution >= 4 is 43.2 Å². The molecule has 3 aromatic rings. The van der Waals surface area contributed by atoms with E-state index in [0.717, 1.165) is 26.4 Å². The molecule has 4 rings (SSSR count). The Hall–Kier alpha value is -2.36. The standard InChI is InChI=1S/C18H18N4O3S2/c1-11-20-16-4-3-13(7-17(16)26-11)21-18(23)15-9-19-8-12-10-22(27(2,24)25)6-5-14(12)15/h3-4,7-9H,5-6,10H2,1-2H3,(H,21,23). The number of benzene rings is 1. The van der Waals surface area contributed by atoms with Gasteiger partial charge in [0, 0.05) is 31.2 Å². The maximum Gasteiger partial charge on any atom is 0.257 e. The molecule has 1 N–H and O–H groups in total. The zero-order valence-corrected chi connectivity index (χ0v) is 16.5. The Bertz CT molecular complexity index is 1150. The van der Waals surface area contributed by atoms with Gasteiger partial charge < -0.3 is 5.32 Å². The maximum absolute atomic E-state index is 12.8. The number of fused-ring (bicyclic) bond motifs is 2. The Balaban J connectivity index is 1.61. The van der Waals surface area contributed by atoms with Crippen LogP contribution in [0.15, 0.2) is 30.6 Å². The molecular weight excluding hydrogens is 384 g/mol. The highest BCUT2D eigenvalue weighted by Crippen LogP contribution is 2.27. The Morgan fingerprint density at radius 3 is 2.89 bits per heavy atom. The zero-order chi connectivity index (χ0) is 19.2. The van der Waals surface area contributed by atoms with E-state index < -0.39 is 10.0 Å². The Morgan fingerprint density at radius 1 is 1.30 bits per heavy atom. The summed E-state index contributed by atoms with van der Waals surface area (Å²) in [6.45, 7) is 2.56. The SMILES string of the molecule is Cc1nc2ccc(NC(=O)c3cncc4c3CCN(S(C)(=O)=O)C4)cc2s1. The number of amides is 1. The molecule has 7 nitrogen and oxygen atoms in total. The predicted molar refractivity (Wildman–Crippen MR) is 106 cm³/mol. The van der Waals surface area contributed by atoms with E-state index in [1.807, 2.05) is 25.1 Å². The van der Waals surface area contributed by atoms with Crippen LogP contribution in [-0.4, -0.2) is 41.4 Å². The van der Waals surface area contributed by atoms with Crippen LogP contribution >= 0.6 is 11.3 Å². The van der Waals surface area contributed by atoms with Gasteiger partial charge in [0.25, 0.3) is 5.91 Å². The van der Waals surface area contributed by atoms with Crippen LogP contribution < -0.4 is 5.32 Å². The third kappa shape index (κ3) is 3.58. The van der Waals surface area contributed by atoms with E-state index in [2.05, 4.69) is 15.3 Å². The summed E-state index contributed by atoms with van der Waals surface area (Å²) in [6.07, 6.45) is 4.86. The van der Waals surface area contributed by atoms with E-state index in [-0.39, 0.29) is 12.5 Å². The Labute approximate surface area is 161 Å². The summed E-state index contributed by atoms with van der Waals surface area (Å²) in [7, 11) is -3.27. The molecule has 1 aromatic carbocycles. The molecule has 2 aromatic heterocycles. The monoisotopic (exact) mass is 402 g/mol. The molecule has 3 heterocycles. The highest BCUT2D eigenvalue weighted by Gasteiger charge is 2.26. The topological polar surface area (TPSA) is 92.3 Å². The lowest BCUT2D eigenvalue weighted by Gasteiger charge is -2.27. The molecule has 0 fully saturated rings. The van der Waals surface area contributed by atoms with Gasteiger partial charge in [0.1, 0.15) is 0 Å². The van der Waals surface area contributed by atoms with E-state index in [1.165, 1.54) is 10.6 Å². The van der Waals surface area contributed by atoms with E-state index >= 15 is 0 Å². The number of sulfonamides is 1. The second kappa shape index (κ2) is 6.66. The Morgan fingerprint density at radius 2 is 2.11 bits per heavy atom. The van der Waals surface area contributed by atoms with Crippen molar-refractivity contribution < 1.29 is 13.2 Å². The number of anilines is 1. The third-order valence-electron chi connectivity index (χ3n) is 4.57. The third-order valence-corrected chi connectivity index (χ3v) is 6.75. The summed E-state index contributed by atoms with van der Waals surface area (Å²) >= 11 is 1.58. The first kappa shape index (κ1) is 18.0. The maximum atomic E-state index is 12.8. The summed E-state index contributed by atoms with van der Waals surface area (Å²) in [5.41, 5.74) is 3.73. The first-order valence-corrected chi connectivity index (χ1v) is 11.1. The second-order valence-electron chi connectivity index (χ2n) is 6.54. The van der Waals surface area contributed by atoms with Gasteiger partial charge >= 0.3 is 0 Å². The van der Waals surface area contributed by atoms with Crippen LogP contribution in [-0.2, 0) is 23.0 Å². The Kier molecular flexibility index (Phi) is 4.45. The van der Waals surface area contributed by atoms with Crippen LogP contribution in [0.1, 0.15) is 26.5 Å².